The van der Waals surface area contributed by atoms with Crippen LogP contribution in [-0.4, -0.2) is 21.3 Å². The van der Waals surface area contributed by atoms with Gasteiger partial charge in [0.25, 0.3) is 0 Å². The number of pyridine rings is 1. The molecule has 0 radical (unpaired) electrons. The standard InChI is InChI=1S/C14H19ClN4/c1-3-7-17-13(11-6-5-8-16-9-11)14-12(15)10-18-19(14)4-2/h5-6,8-10,13,17H,3-4,7H2,1-2H3. The quantitative estimate of drug-likeness (QED) is 0.883. The highest BCUT2D eigenvalue weighted by Crippen LogP contribution is 2.27. The second-order valence-corrected chi connectivity index (χ2v) is 4.77. The lowest BCUT2D eigenvalue weighted by atomic mass is 10.1. The molecule has 19 heavy (non-hydrogen) atoms. The highest BCUT2D eigenvalue weighted by Gasteiger charge is 2.21. The number of rotatable bonds is 6. The van der Waals surface area contributed by atoms with E-state index in [1.54, 1.807) is 12.4 Å². The summed E-state index contributed by atoms with van der Waals surface area (Å²) in [5.41, 5.74) is 2.11. The zero-order valence-electron chi connectivity index (χ0n) is 11.3. The summed E-state index contributed by atoms with van der Waals surface area (Å²) in [6, 6.07) is 4.03. The fourth-order valence-corrected chi connectivity index (χ4v) is 2.37. The summed E-state index contributed by atoms with van der Waals surface area (Å²) in [5.74, 6) is 0. The summed E-state index contributed by atoms with van der Waals surface area (Å²) in [7, 11) is 0. The number of aryl methyl sites for hydroxylation is 1. The van der Waals surface area contributed by atoms with Gasteiger partial charge in [-0.3, -0.25) is 9.67 Å². The first kappa shape index (κ1) is 14.0. The zero-order valence-corrected chi connectivity index (χ0v) is 12.1. The third kappa shape index (κ3) is 3.14. The van der Waals surface area contributed by atoms with Gasteiger partial charge in [0.2, 0.25) is 0 Å². The lowest BCUT2D eigenvalue weighted by Crippen LogP contribution is -2.26. The Balaban J connectivity index is 2.40. The Morgan fingerprint density at radius 3 is 2.84 bits per heavy atom. The largest absolute Gasteiger partial charge is 0.305 e. The minimum Gasteiger partial charge on any atom is -0.305 e. The summed E-state index contributed by atoms with van der Waals surface area (Å²) in [6.07, 6.45) is 6.42. The Morgan fingerprint density at radius 2 is 2.21 bits per heavy atom. The van der Waals surface area contributed by atoms with Crippen molar-refractivity contribution in [3.63, 3.8) is 0 Å². The minimum absolute atomic E-state index is 0.0311. The van der Waals surface area contributed by atoms with Gasteiger partial charge in [0.15, 0.2) is 0 Å². The Hall–Kier alpha value is -1.39. The molecule has 2 aromatic heterocycles. The van der Waals surface area contributed by atoms with Crippen molar-refractivity contribution < 1.29 is 0 Å². The Bertz CT molecular complexity index is 509. The zero-order chi connectivity index (χ0) is 13.7. The van der Waals surface area contributed by atoms with Gasteiger partial charge in [0, 0.05) is 18.9 Å². The third-order valence-corrected chi connectivity index (χ3v) is 3.31. The fraction of sp³-hybridized carbons (Fsp3) is 0.429. The van der Waals surface area contributed by atoms with E-state index in [1.807, 2.05) is 16.9 Å². The van der Waals surface area contributed by atoms with Crippen LogP contribution in [0.4, 0.5) is 0 Å². The summed E-state index contributed by atoms with van der Waals surface area (Å²) >= 11 is 6.30. The molecule has 102 valence electrons. The van der Waals surface area contributed by atoms with Crippen molar-refractivity contribution in [3.05, 3.63) is 47.0 Å². The van der Waals surface area contributed by atoms with Crippen molar-refractivity contribution in [2.24, 2.45) is 0 Å². The van der Waals surface area contributed by atoms with Gasteiger partial charge in [-0.1, -0.05) is 24.6 Å². The van der Waals surface area contributed by atoms with E-state index in [0.717, 1.165) is 30.8 Å². The smallest absolute Gasteiger partial charge is 0.0837 e. The normalized spacial score (nSPS) is 12.6. The second kappa shape index (κ2) is 6.68. The van der Waals surface area contributed by atoms with Gasteiger partial charge in [-0.05, 0) is 31.5 Å². The first-order valence-electron chi connectivity index (χ1n) is 6.62. The van der Waals surface area contributed by atoms with Gasteiger partial charge < -0.3 is 5.32 Å². The van der Waals surface area contributed by atoms with Crippen molar-refractivity contribution in [2.45, 2.75) is 32.9 Å². The van der Waals surface area contributed by atoms with Crippen LogP contribution in [0.2, 0.25) is 5.02 Å². The molecule has 1 N–H and O–H groups in total. The number of aromatic nitrogens is 3. The predicted molar refractivity (Wildman–Crippen MR) is 77.3 cm³/mol. The molecule has 4 nitrogen and oxygen atoms in total. The van der Waals surface area contributed by atoms with Crippen molar-refractivity contribution >= 4 is 11.6 Å². The SMILES string of the molecule is CCCNC(c1cccnc1)c1c(Cl)cnn1CC. The maximum Gasteiger partial charge on any atom is 0.0837 e. The van der Waals surface area contributed by atoms with Gasteiger partial charge in [0.1, 0.15) is 0 Å². The molecule has 1 unspecified atom stereocenters. The van der Waals surface area contributed by atoms with Crippen molar-refractivity contribution in [1.29, 1.82) is 0 Å². The Morgan fingerprint density at radius 1 is 1.37 bits per heavy atom. The maximum absolute atomic E-state index is 6.30. The van der Waals surface area contributed by atoms with Gasteiger partial charge in [0.05, 0.1) is 23.0 Å². The summed E-state index contributed by atoms with van der Waals surface area (Å²) in [5, 5.41) is 8.53. The maximum atomic E-state index is 6.30. The number of hydrogen-bond acceptors (Lipinski definition) is 3. The molecular formula is C14H19ClN4. The van der Waals surface area contributed by atoms with Gasteiger partial charge in [-0.2, -0.15) is 5.10 Å². The van der Waals surface area contributed by atoms with Crippen LogP contribution in [0.15, 0.2) is 30.7 Å². The van der Waals surface area contributed by atoms with E-state index in [9.17, 15) is 0 Å². The molecule has 2 heterocycles. The van der Waals surface area contributed by atoms with Crippen molar-refractivity contribution in [2.75, 3.05) is 6.54 Å². The first-order chi connectivity index (χ1) is 9.27. The number of halogens is 1. The summed E-state index contributed by atoms with van der Waals surface area (Å²) in [4.78, 5) is 4.20. The topological polar surface area (TPSA) is 42.7 Å². The monoisotopic (exact) mass is 278 g/mol. The van der Waals surface area contributed by atoms with E-state index < -0.39 is 0 Å². The molecule has 0 saturated heterocycles. The van der Waals surface area contributed by atoms with Crippen LogP contribution < -0.4 is 5.32 Å². The van der Waals surface area contributed by atoms with Crippen LogP contribution in [0, 0.1) is 0 Å². The fourth-order valence-electron chi connectivity index (χ4n) is 2.12. The highest BCUT2D eigenvalue weighted by molar-refractivity contribution is 6.31. The van der Waals surface area contributed by atoms with Gasteiger partial charge in [-0.15, -0.1) is 0 Å². The molecule has 5 heteroatoms. The van der Waals surface area contributed by atoms with Crippen LogP contribution in [-0.2, 0) is 6.54 Å². The van der Waals surface area contributed by atoms with Crippen LogP contribution in [0.25, 0.3) is 0 Å². The number of nitrogens with zero attached hydrogens (tertiary/aromatic N) is 3. The second-order valence-electron chi connectivity index (χ2n) is 4.37. The Labute approximate surface area is 118 Å². The molecule has 1 atom stereocenters. The van der Waals surface area contributed by atoms with E-state index in [-0.39, 0.29) is 6.04 Å². The predicted octanol–water partition coefficient (Wildman–Crippen LogP) is 3.04. The average Bonchev–Trinajstić information content (AvgIpc) is 2.82. The molecule has 0 bridgehead atoms. The minimum atomic E-state index is 0.0311. The molecule has 2 rings (SSSR count). The van der Waals surface area contributed by atoms with Crippen LogP contribution >= 0.6 is 11.6 Å². The molecule has 0 spiro atoms. The summed E-state index contributed by atoms with van der Waals surface area (Å²) in [6.45, 7) is 5.93. The van der Waals surface area contributed by atoms with E-state index in [2.05, 4.69) is 35.3 Å². The molecule has 0 aliphatic rings. The van der Waals surface area contributed by atoms with E-state index in [0.29, 0.717) is 5.02 Å². The van der Waals surface area contributed by atoms with Crippen molar-refractivity contribution in [1.82, 2.24) is 20.1 Å². The molecular weight excluding hydrogens is 260 g/mol. The van der Waals surface area contributed by atoms with Gasteiger partial charge >= 0.3 is 0 Å². The Kier molecular flexibility index (Phi) is 4.93. The molecule has 0 fully saturated rings. The molecule has 0 saturated carbocycles. The average molecular weight is 279 g/mol. The molecule has 2 aromatic rings. The lowest BCUT2D eigenvalue weighted by Gasteiger charge is -2.20. The molecule has 0 aliphatic heterocycles. The molecule has 0 aliphatic carbocycles. The van der Waals surface area contributed by atoms with Crippen LogP contribution in [0.1, 0.15) is 37.6 Å². The highest BCUT2D eigenvalue weighted by atomic mass is 35.5. The number of hydrogen-bond donors (Lipinski definition) is 1. The van der Waals surface area contributed by atoms with Gasteiger partial charge in [-0.25, -0.2) is 0 Å². The van der Waals surface area contributed by atoms with E-state index >= 15 is 0 Å². The van der Waals surface area contributed by atoms with Crippen LogP contribution in [0.5, 0.6) is 0 Å². The molecule has 0 aromatic carbocycles. The van der Waals surface area contributed by atoms with E-state index in [4.69, 9.17) is 11.6 Å². The first-order valence-corrected chi connectivity index (χ1v) is 7.00. The summed E-state index contributed by atoms with van der Waals surface area (Å²) < 4.78 is 1.93. The molecule has 0 amide bonds. The van der Waals surface area contributed by atoms with Crippen molar-refractivity contribution in [3.8, 4) is 0 Å². The van der Waals surface area contributed by atoms with E-state index in [1.165, 1.54) is 0 Å². The number of nitrogens with one attached hydrogen (secondary N) is 1. The third-order valence-electron chi connectivity index (χ3n) is 3.02. The lowest BCUT2D eigenvalue weighted by molar-refractivity contribution is 0.529. The van der Waals surface area contributed by atoms with Crippen LogP contribution in [0.3, 0.4) is 0 Å².